The molecule has 2 atom stereocenters. The van der Waals surface area contributed by atoms with E-state index in [9.17, 15) is 9.59 Å². The Balaban J connectivity index is 1.34. The van der Waals surface area contributed by atoms with E-state index in [-0.39, 0.29) is 12.3 Å². The summed E-state index contributed by atoms with van der Waals surface area (Å²) in [5.41, 5.74) is 7.35. The van der Waals surface area contributed by atoms with Crippen LogP contribution in [0.2, 0.25) is 0 Å². The average Bonchev–Trinajstić information content (AvgIpc) is 3.46. The maximum Gasteiger partial charge on any atom is 0.356 e. The summed E-state index contributed by atoms with van der Waals surface area (Å²) in [7, 11) is 1.33. The highest BCUT2D eigenvalue weighted by atomic mass is 32.2. The lowest BCUT2D eigenvalue weighted by Gasteiger charge is -2.54. The second-order valence-corrected chi connectivity index (χ2v) is 9.98. The summed E-state index contributed by atoms with van der Waals surface area (Å²) in [5.74, 6) is -0.928. The maximum absolute atomic E-state index is 13.9. The highest BCUT2D eigenvalue weighted by Crippen LogP contribution is 2.41. The lowest BCUT2D eigenvalue weighted by molar-refractivity contribution is -0.248. The van der Waals surface area contributed by atoms with E-state index < -0.39 is 29.9 Å². The predicted octanol–water partition coefficient (Wildman–Crippen LogP) is 2.30. The number of amides is 1. The summed E-state index contributed by atoms with van der Waals surface area (Å²) in [4.78, 5) is 28.3. The van der Waals surface area contributed by atoms with Crippen molar-refractivity contribution >= 4 is 29.3 Å². The third-order valence-electron chi connectivity index (χ3n) is 6.64. The van der Waals surface area contributed by atoms with E-state index in [1.54, 1.807) is 10.6 Å². The van der Waals surface area contributed by atoms with Gasteiger partial charge in [-0.2, -0.15) is 9.61 Å². The summed E-state index contributed by atoms with van der Waals surface area (Å²) >= 11 is 1.38. The minimum absolute atomic E-state index is 0.0599. The molecule has 39 heavy (non-hydrogen) atoms. The van der Waals surface area contributed by atoms with Gasteiger partial charge in [-0.3, -0.25) is 15.4 Å². The fraction of sp³-hybridized carbons (Fsp3) is 0.222. The molecule has 1 fully saturated rings. The van der Waals surface area contributed by atoms with Gasteiger partial charge in [0.2, 0.25) is 5.72 Å². The van der Waals surface area contributed by atoms with Gasteiger partial charge in [0.1, 0.15) is 17.1 Å². The average molecular weight is 545 g/mol. The van der Waals surface area contributed by atoms with E-state index in [4.69, 9.17) is 19.9 Å². The van der Waals surface area contributed by atoms with E-state index >= 15 is 0 Å². The Labute approximate surface area is 227 Å². The Kier molecular flexibility index (Phi) is 6.61. The molecule has 0 spiro atoms. The molecule has 2 aromatic carbocycles. The molecule has 0 saturated carbocycles. The number of benzene rings is 2. The Bertz CT molecular complexity index is 1520. The molecule has 12 heteroatoms. The minimum Gasteiger partial charge on any atom is -0.448 e. The molecule has 2 aromatic heterocycles. The van der Waals surface area contributed by atoms with Crippen molar-refractivity contribution in [2.75, 3.05) is 19.5 Å². The first-order valence-electron chi connectivity index (χ1n) is 12.1. The molecule has 2 aliphatic heterocycles. The number of thioether (sulfide) groups is 1. The number of nitrogens with zero attached hydrogens (tertiary/aromatic N) is 5. The maximum atomic E-state index is 13.9. The molecule has 0 radical (unpaired) electrons. The fourth-order valence-electron chi connectivity index (χ4n) is 4.60. The van der Waals surface area contributed by atoms with Crippen LogP contribution in [0, 0.1) is 0 Å². The molecule has 0 aliphatic carbocycles. The van der Waals surface area contributed by atoms with E-state index in [1.165, 1.54) is 30.1 Å². The quantitative estimate of drug-likeness (QED) is 0.152. The lowest BCUT2D eigenvalue weighted by Crippen LogP contribution is -2.80. The summed E-state index contributed by atoms with van der Waals surface area (Å²) in [5, 5.41) is 13.0. The van der Waals surface area contributed by atoms with Crippen molar-refractivity contribution in [3.8, 4) is 0 Å². The smallest absolute Gasteiger partial charge is 0.356 e. The van der Waals surface area contributed by atoms with Crippen LogP contribution in [0.15, 0.2) is 95.4 Å². The summed E-state index contributed by atoms with van der Waals surface area (Å²) in [6.07, 6.45) is -0.139. The highest BCUT2D eigenvalue weighted by Gasteiger charge is 2.64. The van der Waals surface area contributed by atoms with Crippen LogP contribution in [0.1, 0.15) is 17.2 Å². The molecule has 4 aromatic rings. The van der Waals surface area contributed by atoms with Crippen molar-refractivity contribution in [1.29, 1.82) is 0 Å². The van der Waals surface area contributed by atoms with E-state index in [1.807, 2.05) is 66.7 Å². The standard InChI is InChI=1S/C27H24N6O5S/c1-36-27(28)25(35)33-22(24(34)38-23(17-8-4-2-5-9-17)18-10-6-3-7-11-18)19(14-37-26(27)33)15-39-21-13-12-20-30-29-16-32(20)31-21/h2-13,16,23,26H,14-15,28H2,1H3. The largest absolute Gasteiger partial charge is 0.448 e. The van der Waals surface area contributed by atoms with Gasteiger partial charge in [0.15, 0.2) is 18.0 Å². The first-order chi connectivity index (χ1) is 19.0. The SMILES string of the molecule is COC1(N)C(=O)N2C(C(=O)OC(c3ccccc3)c3ccccc3)=C(CSc3ccc4nncn4n3)COC21. The van der Waals surface area contributed by atoms with Crippen LogP contribution in [0.4, 0.5) is 0 Å². The van der Waals surface area contributed by atoms with Crippen LogP contribution in [0.5, 0.6) is 0 Å². The number of β-lactam (4-membered cyclic amide) rings is 1. The van der Waals surface area contributed by atoms with Gasteiger partial charge in [0, 0.05) is 12.9 Å². The number of hydrogen-bond donors (Lipinski definition) is 1. The normalized spacial score (nSPS) is 20.7. The van der Waals surface area contributed by atoms with Gasteiger partial charge in [-0.1, -0.05) is 60.7 Å². The first-order valence-corrected chi connectivity index (χ1v) is 13.1. The number of carbonyl (C=O) groups is 2. The van der Waals surface area contributed by atoms with Crippen molar-refractivity contribution in [2.45, 2.75) is 23.1 Å². The first kappa shape index (κ1) is 25.2. The Morgan fingerprint density at radius 1 is 1.13 bits per heavy atom. The van der Waals surface area contributed by atoms with E-state index in [0.717, 1.165) is 11.1 Å². The summed E-state index contributed by atoms with van der Waals surface area (Å²) < 4.78 is 18.8. The molecule has 1 amide bonds. The summed E-state index contributed by atoms with van der Waals surface area (Å²) in [6, 6.07) is 22.5. The monoisotopic (exact) mass is 544 g/mol. The number of methoxy groups -OCH3 is 1. The number of aromatic nitrogens is 4. The van der Waals surface area contributed by atoms with Gasteiger partial charge in [-0.05, 0) is 28.8 Å². The van der Waals surface area contributed by atoms with Crippen LogP contribution in [0.3, 0.4) is 0 Å². The molecule has 4 heterocycles. The zero-order valence-electron chi connectivity index (χ0n) is 20.8. The molecular formula is C27H24N6O5S. The van der Waals surface area contributed by atoms with Gasteiger partial charge in [-0.15, -0.1) is 22.0 Å². The predicted molar refractivity (Wildman–Crippen MR) is 140 cm³/mol. The van der Waals surface area contributed by atoms with E-state index in [2.05, 4.69) is 15.3 Å². The van der Waals surface area contributed by atoms with Crippen LogP contribution in [-0.2, 0) is 23.8 Å². The number of fused-ring (bicyclic) bond motifs is 2. The highest BCUT2D eigenvalue weighted by molar-refractivity contribution is 7.99. The molecule has 2 unspecified atom stereocenters. The van der Waals surface area contributed by atoms with Crippen LogP contribution >= 0.6 is 11.8 Å². The minimum atomic E-state index is -1.68. The third-order valence-corrected chi connectivity index (χ3v) is 7.64. The molecule has 2 aliphatic rings. The van der Waals surface area contributed by atoms with Gasteiger partial charge in [0.25, 0.3) is 5.91 Å². The zero-order valence-corrected chi connectivity index (χ0v) is 21.7. The lowest BCUT2D eigenvalue weighted by atomic mass is 9.95. The van der Waals surface area contributed by atoms with Crippen molar-refractivity contribution < 1.29 is 23.8 Å². The molecule has 2 N–H and O–H groups in total. The van der Waals surface area contributed by atoms with Crippen molar-refractivity contribution in [3.05, 3.63) is 102 Å². The van der Waals surface area contributed by atoms with Gasteiger partial charge in [-0.25, -0.2) is 4.79 Å². The number of carbonyl (C=O) groups excluding carboxylic acids is 2. The van der Waals surface area contributed by atoms with Crippen molar-refractivity contribution in [3.63, 3.8) is 0 Å². The van der Waals surface area contributed by atoms with Crippen molar-refractivity contribution in [2.24, 2.45) is 5.73 Å². The number of nitrogens with two attached hydrogens (primary N) is 1. The van der Waals surface area contributed by atoms with E-state index in [0.29, 0.717) is 22.0 Å². The molecular weight excluding hydrogens is 520 g/mol. The number of ether oxygens (including phenoxy) is 3. The van der Waals surface area contributed by atoms with Crippen molar-refractivity contribution in [1.82, 2.24) is 24.7 Å². The Hall–Kier alpha value is -4.10. The molecule has 198 valence electrons. The van der Waals surface area contributed by atoms with Crippen LogP contribution in [0.25, 0.3) is 5.65 Å². The number of hydrogen-bond acceptors (Lipinski definition) is 10. The number of rotatable bonds is 8. The molecule has 0 bridgehead atoms. The third kappa shape index (κ3) is 4.46. The topological polar surface area (TPSA) is 134 Å². The van der Waals surface area contributed by atoms with Gasteiger partial charge >= 0.3 is 5.97 Å². The second kappa shape index (κ2) is 10.2. The van der Waals surface area contributed by atoms with Gasteiger partial charge < -0.3 is 14.2 Å². The molecule has 6 rings (SSSR count). The number of esters is 1. The molecule has 11 nitrogen and oxygen atoms in total. The van der Waals surface area contributed by atoms with Crippen LogP contribution < -0.4 is 5.73 Å². The summed E-state index contributed by atoms with van der Waals surface area (Å²) in [6.45, 7) is 0.0599. The second-order valence-electron chi connectivity index (χ2n) is 8.99. The zero-order chi connectivity index (χ0) is 27.0. The Morgan fingerprint density at radius 2 is 1.82 bits per heavy atom. The fourth-order valence-corrected chi connectivity index (χ4v) is 5.45. The molecule has 1 saturated heterocycles. The van der Waals surface area contributed by atoms with Crippen LogP contribution in [-0.4, -0.2) is 68.0 Å². The Morgan fingerprint density at radius 3 is 2.49 bits per heavy atom. The van der Waals surface area contributed by atoms with Gasteiger partial charge in [0.05, 0.1) is 6.61 Å².